The van der Waals surface area contributed by atoms with Gasteiger partial charge in [0.25, 0.3) is 10.0 Å². The number of amides is 2. The molecule has 0 aromatic heterocycles. The van der Waals surface area contributed by atoms with Crippen LogP contribution < -0.4 is 15.8 Å². The van der Waals surface area contributed by atoms with Crippen LogP contribution in [0.2, 0.25) is 0 Å². The number of nitrogens with two attached hydrogens (primary N) is 1. The first-order valence-electron chi connectivity index (χ1n) is 7.07. The van der Waals surface area contributed by atoms with Crippen LogP contribution in [0.3, 0.4) is 0 Å². The number of carbonyl (C=O) groups excluding carboxylic acids is 1. The fourth-order valence-electron chi connectivity index (χ4n) is 2.00. The monoisotopic (exact) mass is 313 g/mol. The minimum absolute atomic E-state index is 0.0773. The Labute approximate surface area is 126 Å². The smallest absolute Gasteiger partial charge is 0.328 e. The normalized spacial score (nSPS) is 11.2. The van der Waals surface area contributed by atoms with Crippen LogP contribution in [0.5, 0.6) is 0 Å². The summed E-state index contributed by atoms with van der Waals surface area (Å²) in [6, 6.07) is 2.62. The highest BCUT2D eigenvalue weighted by molar-refractivity contribution is 7.90. The highest BCUT2D eigenvalue weighted by Crippen LogP contribution is 2.25. The fraction of sp³-hybridized carbons (Fsp3) is 0.500. The molecule has 6 nitrogen and oxygen atoms in total. The topological polar surface area (TPSA) is 101 Å². The van der Waals surface area contributed by atoms with Crippen LogP contribution in [0.25, 0.3) is 0 Å². The predicted molar refractivity (Wildman–Crippen MR) is 83.6 cm³/mol. The molecule has 0 atom stereocenters. The molecule has 118 valence electrons. The minimum atomic E-state index is -3.93. The number of hydrogen-bond acceptors (Lipinski definition) is 4. The summed E-state index contributed by atoms with van der Waals surface area (Å²) >= 11 is 0. The SMILES string of the molecule is CCCNC(=O)NS(=O)(=O)c1cc(CC)cc(N)c1CC. The molecule has 21 heavy (non-hydrogen) atoms. The number of carbonyl (C=O) groups is 1. The lowest BCUT2D eigenvalue weighted by atomic mass is 10.1. The van der Waals surface area contributed by atoms with E-state index in [2.05, 4.69) is 5.32 Å². The van der Waals surface area contributed by atoms with Gasteiger partial charge >= 0.3 is 6.03 Å². The fourth-order valence-corrected chi connectivity index (χ4v) is 3.32. The molecule has 1 rings (SSSR count). The molecule has 0 unspecified atom stereocenters. The summed E-state index contributed by atoms with van der Waals surface area (Å²) in [5.41, 5.74) is 7.71. The van der Waals surface area contributed by atoms with Crippen molar-refractivity contribution in [3.8, 4) is 0 Å². The first-order chi connectivity index (χ1) is 9.85. The Morgan fingerprint density at radius 3 is 2.38 bits per heavy atom. The molecule has 4 N–H and O–H groups in total. The zero-order chi connectivity index (χ0) is 16.0. The number of benzene rings is 1. The van der Waals surface area contributed by atoms with Crippen LogP contribution >= 0.6 is 0 Å². The summed E-state index contributed by atoms with van der Waals surface area (Å²) in [5, 5.41) is 2.48. The van der Waals surface area contributed by atoms with Gasteiger partial charge in [-0.25, -0.2) is 17.9 Å². The van der Waals surface area contributed by atoms with Crippen molar-refractivity contribution in [1.82, 2.24) is 10.0 Å². The third-order valence-electron chi connectivity index (χ3n) is 3.12. The molecule has 0 spiro atoms. The molecule has 1 aromatic carbocycles. The summed E-state index contributed by atoms with van der Waals surface area (Å²) in [6.45, 7) is 6.04. The van der Waals surface area contributed by atoms with Gasteiger partial charge in [0.2, 0.25) is 0 Å². The number of nitrogen functional groups attached to an aromatic ring is 1. The summed E-state index contributed by atoms with van der Waals surface area (Å²) in [5.74, 6) is 0. The largest absolute Gasteiger partial charge is 0.398 e. The Kier molecular flexibility index (Phi) is 6.02. The van der Waals surface area contributed by atoms with E-state index in [-0.39, 0.29) is 4.90 Å². The van der Waals surface area contributed by atoms with Gasteiger partial charge in [0, 0.05) is 12.2 Å². The number of urea groups is 1. The maximum Gasteiger partial charge on any atom is 0.328 e. The van der Waals surface area contributed by atoms with E-state index in [0.717, 1.165) is 12.0 Å². The van der Waals surface area contributed by atoms with E-state index in [4.69, 9.17) is 5.73 Å². The molecule has 0 aliphatic heterocycles. The second kappa shape index (κ2) is 7.31. The molecule has 7 heteroatoms. The van der Waals surface area contributed by atoms with Crippen molar-refractivity contribution in [2.75, 3.05) is 12.3 Å². The van der Waals surface area contributed by atoms with Crippen LogP contribution in [-0.2, 0) is 22.9 Å². The zero-order valence-electron chi connectivity index (χ0n) is 12.7. The van der Waals surface area contributed by atoms with Crippen molar-refractivity contribution in [3.63, 3.8) is 0 Å². The third kappa shape index (κ3) is 4.35. The summed E-state index contributed by atoms with van der Waals surface area (Å²) in [7, 11) is -3.93. The van der Waals surface area contributed by atoms with Gasteiger partial charge in [0.1, 0.15) is 0 Å². The van der Waals surface area contributed by atoms with Crippen LogP contribution in [0.4, 0.5) is 10.5 Å². The average molecular weight is 313 g/mol. The standard InChI is InChI=1S/C14H23N3O3S/c1-4-7-16-14(18)17-21(19,20)13-9-10(5-2)8-12(15)11(13)6-3/h8-9H,4-7,15H2,1-3H3,(H2,16,17,18). The summed E-state index contributed by atoms with van der Waals surface area (Å²) < 4.78 is 26.8. The highest BCUT2D eigenvalue weighted by atomic mass is 32.2. The summed E-state index contributed by atoms with van der Waals surface area (Å²) in [4.78, 5) is 11.7. The minimum Gasteiger partial charge on any atom is -0.398 e. The van der Waals surface area contributed by atoms with E-state index >= 15 is 0 Å². The average Bonchev–Trinajstić information content (AvgIpc) is 2.43. The summed E-state index contributed by atoms with van der Waals surface area (Å²) in [6.07, 6.45) is 1.87. The molecular formula is C14H23N3O3S. The molecule has 0 aliphatic carbocycles. The Hall–Kier alpha value is -1.76. The molecule has 0 aliphatic rings. The molecule has 1 aromatic rings. The lowest BCUT2D eigenvalue weighted by Crippen LogP contribution is -2.40. The van der Waals surface area contributed by atoms with Gasteiger partial charge in [0.05, 0.1) is 4.90 Å². The maximum absolute atomic E-state index is 12.4. The Morgan fingerprint density at radius 1 is 1.19 bits per heavy atom. The van der Waals surface area contributed by atoms with E-state index in [9.17, 15) is 13.2 Å². The molecule has 2 amide bonds. The second-order valence-corrected chi connectivity index (χ2v) is 6.38. The lowest BCUT2D eigenvalue weighted by molar-refractivity contribution is 0.246. The van der Waals surface area contributed by atoms with E-state index in [1.165, 1.54) is 0 Å². The highest BCUT2D eigenvalue weighted by Gasteiger charge is 2.22. The van der Waals surface area contributed by atoms with Crippen molar-refractivity contribution >= 4 is 21.7 Å². The van der Waals surface area contributed by atoms with Crippen molar-refractivity contribution in [3.05, 3.63) is 23.3 Å². The van der Waals surface area contributed by atoms with Gasteiger partial charge in [-0.3, -0.25) is 0 Å². The lowest BCUT2D eigenvalue weighted by Gasteiger charge is -2.14. The van der Waals surface area contributed by atoms with Gasteiger partial charge in [-0.15, -0.1) is 0 Å². The van der Waals surface area contributed by atoms with Crippen LogP contribution in [-0.4, -0.2) is 21.0 Å². The van der Waals surface area contributed by atoms with Crippen LogP contribution in [0.1, 0.15) is 38.3 Å². The first kappa shape index (κ1) is 17.3. The van der Waals surface area contributed by atoms with E-state index in [1.54, 1.807) is 12.1 Å². The molecule has 0 saturated carbocycles. The molecule has 0 radical (unpaired) electrons. The van der Waals surface area contributed by atoms with Gasteiger partial charge in [-0.1, -0.05) is 20.8 Å². The maximum atomic E-state index is 12.4. The van der Waals surface area contributed by atoms with Crippen molar-refractivity contribution in [2.45, 2.75) is 44.9 Å². The van der Waals surface area contributed by atoms with E-state index in [1.807, 2.05) is 25.5 Å². The second-order valence-electron chi connectivity index (χ2n) is 4.73. The van der Waals surface area contributed by atoms with Gasteiger partial charge < -0.3 is 11.1 Å². The van der Waals surface area contributed by atoms with Crippen molar-refractivity contribution < 1.29 is 13.2 Å². The Morgan fingerprint density at radius 2 is 1.86 bits per heavy atom. The number of nitrogens with one attached hydrogen (secondary N) is 2. The van der Waals surface area contributed by atoms with Crippen molar-refractivity contribution in [1.29, 1.82) is 0 Å². The molecule has 0 fully saturated rings. The Bertz CT molecular complexity index is 612. The number of rotatable bonds is 6. The van der Waals surface area contributed by atoms with Gasteiger partial charge in [0.15, 0.2) is 0 Å². The zero-order valence-corrected chi connectivity index (χ0v) is 13.5. The van der Waals surface area contributed by atoms with Gasteiger partial charge in [-0.05, 0) is 42.5 Å². The van der Waals surface area contributed by atoms with Crippen LogP contribution in [0.15, 0.2) is 17.0 Å². The number of aryl methyl sites for hydroxylation is 1. The number of sulfonamides is 1. The quantitative estimate of drug-likeness (QED) is 0.697. The van der Waals surface area contributed by atoms with Crippen molar-refractivity contribution in [2.24, 2.45) is 0 Å². The molecule has 0 heterocycles. The number of anilines is 1. The molecule has 0 bridgehead atoms. The Balaban J connectivity index is 3.18. The van der Waals surface area contributed by atoms with Gasteiger partial charge in [-0.2, -0.15) is 0 Å². The first-order valence-corrected chi connectivity index (χ1v) is 8.55. The number of hydrogen-bond donors (Lipinski definition) is 3. The predicted octanol–water partition coefficient (Wildman–Crippen LogP) is 1.79. The molecular weight excluding hydrogens is 290 g/mol. The molecule has 0 saturated heterocycles. The van der Waals surface area contributed by atoms with E-state index < -0.39 is 16.1 Å². The van der Waals surface area contributed by atoms with E-state index in [0.29, 0.717) is 30.6 Å². The third-order valence-corrected chi connectivity index (χ3v) is 4.51. The van der Waals surface area contributed by atoms with Crippen LogP contribution in [0, 0.1) is 0 Å².